The van der Waals surface area contributed by atoms with Crippen molar-refractivity contribution < 1.29 is 19.4 Å². The molecule has 0 amide bonds. The molecule has 0 spiro atoms. The maximum atomic E-state index is 13.1. The Kier molecular flexibility index (Phi) is 7.41. The van der Waals surface area contributed by atoms with Gasteiger partial charge >= 0.3 is 5.97 Å². The van der Waals surface area contributed by atoms with Crippen molar-refractivity contribution in [3.05, 3.63) is 89.2 Å². The predicted octanol–water partition coefficient (Wildman–Crippen LogP) is 5.95. The van der Waals surface area contributed by atoms with E-state index in [4.69, 9.17) is 16.3 Å². The first-order valence-corrected chi connectivity index (χ1v) is 11.7. The molecule has 1 aromatic heterocycles. The molecule has 0 saturated carbocycles. The monoisotopic (exact) mass is 478 g/mol. The average molecular weight is 479 g/mol. The summed E-state index contributed by atoms with van der Waals surface area (Å²) in [5.41, 5.74) is 4.45. The summed E-state index contributed by atoms with van der Waals surface area (Å²) in [5, 5.41) is 9.83. The molecule has 4 rings (SSSR count). The highest BCUT2D eigenvalue weighted by Crippen LogP contribution is 2.30. The van der Waals surface area contributed by atoms with E-state index < -0.39 is 5.97 Å². The molecule has 180 valence electrons. The minimum Gasteiger partial charge on any atom is -0.481 e. The first-order valence-electron chi connectivity index (χ1n) is 11.7. The lowest BCUT2D eigenvalue weighted by atomic mass is 9.99. The molecule has 0 aliphatic heterocycles. The first-order chi connectivity index (χ1) is 17.4. The fraction of sp³-hybridized carbons (Fsp3) is 0.200. The molecule has 0 aliphatic carbocycles. The van der Waals surface area contributed by atoms with Crippen LogP contribution in [0.5, 0.6) is 5.75 Å². The summed E-state index contributed by atoms with van der Waals surface area (Å²) in [6.07, 6.45) is 5.99. The number of aromatic carboxylic acids is 1. The molecule has 0 unspecified atom stereocenters. The number of hydrogen-bond acceptors (Lipinski definition) is 5. The van der Waals surface area contributed by atoms with Crippen LogP contribution in [0.1, 0.15) is 58.3 Å². The number of rotatable bonds is 9. The molecular formula is C30H26N2O4. The Hall–Kier alpha value is -4.50. The summed E-state index contributed by atoms with van der Waals surface area (Å²) in [7, 11) is 0. The molecule has 6 heteroatoms. The molecule has 0 atom stereocenters. The summed E-state index contributed by atoms with van der Waals surface area (Å²) < 4.78 is 5.60. The van der Waals surface area contributed by atoms with Crippen molar-refractivity contribution in [2.24, 2.45) is 0 Å². The number of ketones is 1. The SMILES string of the molecule is C#CCOc1ccc2nc(C(=O)CCc3ccc(C(=O)O)cc3)nc(-c3ccc(C(C)C)cc3)c2c1. The van der Waals surface area contributed by atoms with E-state index >= 15 is 0 Å². The van der Waals surface area contributed by atoms with Gasteiger partial charge in [0.05, 0.1) is 16.8 Å². The molecule has 0 radical (unpaired) electrons. The van der Waals surface area contributed by atoms with Crippen molar-refractivity contribution in [3.63, 3.8) is 0 Å². The highest BCUT2D eigenvalue weighted by atomic mass is 16.5. The van der Waals surface area contributed by atoms with E-state index in [0.717, 1.165) is 16.5 Å². The van der Waals surface area contributed by atoms with Crippen LogP contribution in [0.4, 0.5) is 0 Å². The Labute approximate surface area is 210 Å². The molecular weight excluding hydrogens is 452 g/mol. The molecule has 3 aromatic carbocycles. The number of hydrogen-bond donors (Lipinski definition) is 1. The number of benzene rings is 3. The van der Waals surface area contributed by atoms with Gasteiger partial charge in [0.2, 0.25) is 0 Å². The first kappa shape index (κ1) is 24.6. The van der Waals surface area contributed by atoms with Crippen molar-refractivity contribution in [2.45, 2.75) is 32.6 Å². The molecule has 1 N–H and O–H groups in total. The van der Waals surface area contributed by atoms with Crippen LogP contribution >= 0.6 is 0 Å². The second-order valence-corrected chi connectivity index (χ2v) is 8.77. The molecule has 6 nitrogen and oxygen atoms in total. The van der Waals surface area contributed by atoms with Crippen molar-refractivity contribution >= 4 is 22.7 Å². The number of nitrogens with zero attached hydrogens (tertiary/aromatic N) is 2. The minimum atomic E-state index is -0.982. The van der Waals surface area contributed by atoms with Crippen LogP contribution in [0.15, 0.2) is 66.7 Å². The van der Waals surface area contributed by atoms with E-state index in [1.165, 1.54) is 17.7 Å². The van der Waals surface area contributed by atoms with E-state index in [0.29, 0.717) is 29.3 Å². The number of carboxylic acids is 1. The Bertz CT molecular complexity index is 1450. The van der Waals surface area contributed by atoms with Crippen molar-refractivity contribution in [3.8, 4) is 29.4 Å². The van der Waals surface area contributed by atoms with Crippen molar-refractivity contribution in [1.29, 1.82) is 0 Å². The maximum absolute atomic E-state index is 13.1. The largest absolute Gasteiger partial charge is 0.481 e. The Morgan fingerprint density at radius 1 is 1.00 bits per heavy atom. The van der Waals surface area contributed by atoms with Crippen LogP contribution in [0.2, 0.25) is 0 Å². The molecule has 4 aromatic rings. The van der Waals surface area contributed by atoms with Crippen LogP contribution in [0, 0.1) is 12.3 Å². The lowest BCUT2D eigenvalue weighted by molar-refractivity contribution is 0.0696. The zero-order valence-electron chi connectivity index (χ0n) is 20.2. The third-order valence-electron chi connectivity index (χ3n) is 5.93. The molecule has 0 saturated heterocycles. The van der Waals surface area contributed by atoms with E-state index in [1.54, 1.807) is 24.3 Å². The smallest absolute Gasteiger partial charge is 0.335 e. The summed E-state index contributed by atoms with van der Waals surface area (Å²) in [4.78, 5) is 33.4. The third kappa shape index (κ3) is 5.59. The molecule has 1 heterocycles. The number of ether oxygens (including phenoxy) is 1. The van der Waals surface area contributed by atoms with Crippen LogP contribution in [0.3, 0.4) is 0 Å². The highest BCUT2D eigenvalue weighted by molar-refractivity contribution is 5.99. The quantitative estimate of drug-likeness (QED) is 0.236. The number of carboxylic acid groups (broad SMARTS) is 1. The van der Waals surface area contributed by atoms with Gasteiger partial charge in [0.1, 0.15) is 12.4 Å². The van der Waals surface area contributed by atoms with Gasteiger partial charge in [0.25, 0.3) is 0 Å². The highest BCUT2D eigenvalue weighted by Gasteiger charge is 2.17. The lowest BCUT2D eigenvalue weighted by Gasteiger charge is -2.12. The van der Waals surface area contributed by atoms with E-state index in [2.05, 4.69) is 41.9 Å². The van der Waals surface area contributed by atoms with Crippen LogP contribution in [-0.4, -0.2) is 33.4 Å². The van der Waals surface area contributed by atoms with Gasteiger partial charge in [0, 0.05) is 17.4 Å². The van der Waals surface area contributed by atoms with Gasteiger partial charge in [-0.3, -0.25) is 4.79 Å². The summed E-state index contributed by atoms with van der Waals surface area (Å²) in [5.74, 6) is 2.43. The molecule has 36 heavy (non-hydrogen) atoms. The number of aromatic nitrogens is 2. The number of carbonyl (C=O) groups is 2. The normalized spacial score (nSPS) is 10.8. The minimum absolute atomic E-state index is 0.143. The number of fused-ring (bicyclic) bond motifs is 1. The summed E-state index contributed by atoms with van der Waals surface area (Å²) >= 11 is 0. The van der Waals surface area contributed by atoms with Crippen LogP contribution in [0.25, 0.3) is 22.2 Å². The van der Waals surface area contributed by atoms with E-state index in [9.17, 15) is 9.59 Å². The van der Waals surface area contributed by atoms with E-state index in [1.807, 2.05) is 18.2 Å². The fourth-order valence-corrected chi connectivity index (χ4v) is 3.88. The third-order valence-corrected chi connectivity index (χ3v) is 5.93. The summed E-state index contributed by atoms with van der Waals surface area (Å²) in [6, 6.07) is 20.1. The Morgan fingerprint density at radius 3 is 2.36 bits per heavy atom. The zero-order valence-corrected chi connectivity index (χ0v) is 20.2. The van der Waals surface area contributed by atoms with Crippen molar-refractivity contribution in [2.75, 3.05) is 6.61 Å². The second-order valence-electron chi connectivity index (χ2n) is 8.77. The molecule has 0 fully saturated rings. The number of Topliss-reactive ketones (excluding diaryl/α,β-unsaturated/α-hetero) is 1. The lowest BCUT2D eigenvalue weighted by Crippen LogP contribution is -2.09. The topological polar surface area (TPSA) is 89.4 Å². The summed E-state index contributed by atoms with van der Waals surface area (Å²) in [6.45, 7) is 4.42. The van der Waals surface area contributed by atoms with Gasteiger partial charge in [-0.15, -0.1) is 6.42 Å². The van der Waals surface area contributed by atoms with Gasteiger partial charge in [-0.2, -0.15) is 0 Å². The standard InChI is InChI=1S/C30H26N2O4/c1-4-17-36-24-14-15-26-25(18-24)28(22-12-10-21(11-13-22)19(2)3)32-29(31-26)27(33)16-7-20-5-8-23(9-6-20)30(34)35/h1,5-6,8-15,18-19H,7,16-17H2,2-3H3,(H,34,35). The molecule has 0 bridgehead atoms. The van der Waals surface area contributed by atoms with Gasteiger partial charge in [-0.25, -0.2) is 14.8 Å². The van der Waals surface area contributed by atoms with Crippen LogP contribution < -0.4 is 4.74 Å². The van der Waals surface area contributed by atoms with E-state index in [-0.39, 0.29) is 30.2 Å². The predicted molar refractivity (Wildman–Crippen MR) is 139 cm³/mol. The number of aryl methyl sites for hydroxylation is 1. The van der Waals surface area contributed by atoms with Gasteiger partial charge in [-0.05, 0) is 53.8 Å². The van der Waals surface area contributed by atoms with Crippen molar-refractivity contribution in [1.82, 2.24) is 9.97 Å². The molecule has 0 aliphatic rings. The Morgan fingerprint density at radius 2 is 1.72 bits per heavy atom. The average Bonchev–Trinajstić information content (AvgIpc) is 2.90. The zero-order chi connectivity index (χ0) is 25.7. The van der Waals surface area contributed by atoms with Gasteiger partial charge < -0.3 is 9.84 Å². The fourth-order valence-electron chi connectivity index (χ4n) is 3.88. The van der Waals surface area contributed by atoms with Gasteiger partial charge in [0.15, 0.2) is 11.6 Å². The number of carbonyl (C=O) groups excluding carboxylic acids is 1. The van der Waals surface area contributed by atoms with Crippen LogP contribution in [-0.2, 0) is 6.42 Å². The maximum Gasteiger partial charge on any atom is 0.335 e. The second kappa shape index (κ2) is 10.8. The Balaban J connectivity index is 1.68. The number of terminal acetylenes is 1. The van der Waals surface area contributed by atoms with Gasteiger partial charge in [-0.1, -0.05) is 56.2 Å².